The van der Waals surface area contributed by atoms with E-state index in [2.05, 4.69) is 11.6 Å². The normalized spacial score (nSPS) is 10.8. The second kappa shape index (κ2) is 8.75. The predicted molar refractivity (Wildman–Crippen MR) is 122 cm³/mol. The van der Waals surface area contributed by atoms with Crippen molar-refractivity contribution in [2.45, 2.75) is 19.3 Å². The average Bonchev–Trinajstić information content (AvgIpc) is 2.78. The maximum atomic E-state index is 13.7. The van der Waals surface area contributed by atoms with Crippen LogP contribution in [-0.4, -0.2) is 10.8 Å². The average molecular weight is 393 g/mol. The Hall–Kier alpha value is -3.72. The van der Waals surface area contributed by atoms with Gasteiger partial charge in [-0.15, -0.1) is 6.58 Å². The number of benzene rings is 3. The van der Waals surface area contributed by atoms with E-state index in [4.69, 9.17) is 0 Å². The third-order valence-electron chi connectivity index (χ3n) is 5.31. The first kappa shape index (κ1) is 19.6. The zero-order chi connectivity index (χ0) is 20.9. The van der Waals surface area contributed by atoms with Crippen molar-refractivity contribution in [1.82, 2.24) is 4.98 Å². The molecule has 3 aromatic carbocycles. The van der Waals surface area contributed by atoms with E-state index >= 15 is 0 Å². The minimum absolute atomic E-state index is 0.220. The Morgan fingerprint density at radius 2 is 1.60 bits per heavy atom. The molecule has 0 aliphatic carbocycles. The van der Waals surface area contributed by atoms with Crippen LogP contribution in [0.5, 0.6) is 0 Å². The van der Waals surface area contributed by atoms with E-state index in [1.807, 2.05) is 72.8 Å². The lowest BCUT2D eigenvalue weighted by Crippen LogP contribution is -2.22. The first-order valence-corrected chi connectivity index (χ1v) is 10.1. The summed E-state index contributed by atoms with van der Waals surface area (Å²) in [6, 6.07) is 24.9. The number of carbonyl (C=O) groups is 1. The molecule has 0 fully saturated rings. The van der Waals surface area contributed by atoms with Crippen LogP contribution in [-0.2, 0) is 12.8 Å². The molecule has 0 saturated carbocycles. The zero-order valence-electron chi connectivity index (χ0n) is 16.7. The molecule has 3 heteroatoms. The van der Waals surface area contributed by atoms with Gasteiger partial charge in [0.15, 0.2) is 5.78 Å². The maximum absolute atomic E-state index is 13.7. The van der Waals surface area contributed by atoms with Gasteiger partial charge in [0.05, 0.1) is 5.56 Å². The Bertz CT molecular complexity index is 1270. The fraction of sp³-hybridized carbons (Fsp3) is 0.111. The molecule has 0 atom stereocenters. The van der Waals surface area contributed by atoms with E-state index in [1.54, 1.807) is 12.1 Å². The van der Waals surface area contributed by atoms with E-state index in [0.717, 1.165) is 16.6 Å². The van der Waals surface area contributed by atoms with Crippen LogP contribution in [0.3, 0.4) is 0 Å². The van der Waals surface area contributed by atoms with Gasteiger partial charge in [-0.2, -0.15) is 0 Å². The number of aromatic nitrogens is 1. The molecule has 1 N–H and O–H groups in total. The Kier molecular flexibility index (Phi) is 5.71. The van der Waals surface area contributed by atoms with Gasteiger partial charge < -0.3 is 4.98 Å². The smallest absolute Gasteiger partial charge is 0.200 e. The Labute approximate surface area is 175 Å². The number of carbonyl (C=O) groups excluding carboxylic acids is 1. The molecule has 0 unspecified atom stereocenters. The summed E-state index contributed by atoms with van der Waals surface area (Å²) in [5.74, 6) is -0.229. The van der Waals surface area contributed by atoms with Gasteiger partial charge >= 0.3 is 0 Å². The molecule has 0 saturated heterocycles. The van der Waals surface area contributed by atoms with Crippen LogP contribution < -0.4 is 5.43 Å². The molecular formula is C27H23NO2. The maximum Gasteiger partial charge on any atom is 0.200 e. The van der Waals surface area contributed by atoms with Gasteiger partial charge in [-0.25, -0.2) is 0 Å². The number of hydrogen-bond acceptors (Lipinski definition) is 2. The molecule has 0 bridgehead atoms. The summed E-state index contributed by atoms with van der Waals surface area (Å²) in [5, 5.41) is 0.531. The number of hydrogen-bond donors (Lipinski definition) is 1. The van der Waals surface area contributed by atoms with Crippen molar-refractivity contribution in [2.75, 3.05) is 0 Å². The van der Waals surface area contributed by atoms with Crippen LogP contribution in [0.15, 0.2) is 96.3 Å². The molecule has 30 heavy (non-hydrogen) atoms. The number of allylic oxidation sites excluding steroid dienone is 1. The van der Waals surface area contributed by atoms with Gasteiger partial charge in [-0.3, -0.25) is 9.59 Å². The van der Waals surface area contributed by atoms with Gasteiger partial charge in [-0.05, 0) is 42.5 Å². The van der Waals surface area contributed by atoms with E-state index in [0.29, 0.717) is 35.9 Å². The van der Waals surface area contributed by atoms with Gasteiger partial charge in [0.1, 0.15) is 0 Å². The fourth-order valence-electron chi connectivity index (χ4n) is 3.81. The molecule has 1 aromatic heterocycles. The number of ketones is 1. The SMILES string of the molecule is C=CCCc1[nH]c2ccccc2c(=O)c1C(=O)c1ccccc1Cc1ccccc1. The number of H-pyrrole nitrogens is 1. The first-order valence-electron chi connectivity index (χ1n) is 10.1. The quantitative estimate of drug-likeness (QED) is 0.334. The number of pyridine rings is 1. The molecule has 0 spiro atoms. The lowest BCUT2D eigenvalue weighted by Gasteiger charge is -2.13. The van der Waals surface area contributed by atoms with Crippen LogP contribution in [0.2, 0.25) is 0 Å². The molecule has 0 amide bonds. The zero-order valence-corrected chi connectivity index (χ0v) is 16.7. The second-order valence-electron chi connectivity index (χ2n) is 7.33. The van der Waals surface area contributed by atoms with Crippen molar-refractivity contribution in [3.63, 3.8) is 0 Å². The molecule has 0 radical (unpaired) electrons. The molecule has 4 rings (SSSR count). The lowest BCUT2D eigenvalue weighted by molar-refractivity contribution is 0.103. The topological polar surface area (TPSA) is 49.9 Å². The molecule has 0 aliphatic rings. The number of para-hydroxylation sites is 1. The predicted octanol–water partition coefficient (Wildman–Crippen LogP) is 5.47. The highest BCUT2D eigenvalue weighted by Gasteiger charge is 2.22. The van der Waals surface area contributed by atoms with Crippen molar-refractivity contribution in [1.29, 1.82) is 0 Å². The Morgan fingerprint density at radius 1 is 0.900 bits per heavy atom. The second-order valence-corrected chi connectivity index (χ2v) is 7.33. The summed E-state index contributed by atoms with van der Waals surface area (Å²) in [7, 11) is 0. The van der Waals surface area contributed by atoms with Crippen LogP contribution in [0.4, 0.5) is 0 Å². The number of rotatable bonds is 7. The number of nitrogens with one attached hydrogen (secondary N) is 1. The third-order valence-corrected chi connectivity index (χ3v) is 5.31. The third kappa shape index (κ3) is 3.87. The number of fused-ring (bicyclic) bond motifs is 1. The fourth-order valence-corrected chi connectivity index (χ4v) is 3.81. The molecule has 148 valence electrons. The van der Waals surface area contributed by atoms with E-state index in [9.17, 15) is 9.59 Å². The van der Waals surface area contributed by atoms with Gasteiger partial charge in [-0.1, -0.05) is 72.8 Å². The summed E-state index contributed by atoms with van der Waals surface area (Å²) in [5.41, 5.74) is 4.03. The van der Waals surface area contributed by atoms with E-state index < -0.39 is 0 Å². The van der Waals surface area contributed by atoms with Gasteiger partial charge in [0.2, 0.25) is 5.43 Å². The van der Waals surface area contributed by atoms with Crippen molar-refractivity contribution in [3.8, 4) is 0 Å². The largest absolute Gasteiger partial charge is 0.358 e. The highest BCUT2D eigenvalue weighted by Crippen LogP contribution is 2.21. The molecule has 0 aliphatic heterocycles. The van der Waals surface area contributed by atoms with Crippen molar-refractivity contribution >= 4 is 16.7 Å². The summed E-state index contributed by atoms with van der Waals surface area (Å²) in [6.07, 6.45) is 3.67. The monoisotopic (exact) mass is 393 g/mol. The Morgan fingerprint density at radius 3 is 2.40 bits per heavy atom. The molecule has 4 aromatic rings. The minimum atomic E-state index is -0.229. The summed E-state index contributed by atoms with van der Waals surface area (Å²) in [6.45, 7) is 3.78. The molecular weight excluding hydrogens is 370 g/mol. The standard InChI is InChI=1S/C27H23NO2/c1-2-3-16-24-25(27(30)22-15-9-10-17-23(22)28-24)26(29)21-14-8-7-13-20(21)18-19-11-5-4-6-12-19/h2,4-15,17H,1,3,16,18H2,(H,28,30). The minimum Gasteiger partial charge on any atom is -0.358 e. The van der Waals surface area contributed by atoms with Crippen LogP contribution in [0, 0.1) is 0 Å². The van der Waals surface area contributed by atoms with E-state index in [1.165, 1.54) is 0 Å². The van der Waals surface area contributed by atoms with Crippen molar-refractivity contribution in [3.05, 3.63) is 130 Å². The summed E-state index contributed by atoms with van der Waals surface area (Å²) < 4.78 is 0. The number of aromatic amines is 1. The van der Waals surface area contributed by atoms with Gasteiger partial charge in [0, 0.05) is 22.2 Å². The summed E-state index contributed by atoms with van der Waals surface area (Å²) in [4.78, 5) is 30.3. The first-order chi connectivity index (χ1) is 14.7. The highest BCUT2D eigenvalue weighted by molar-refractivity contribution is 6.11. The van der Waals surface area contributed by atoms with Crippen LogP contribution in [0.1, 0.15) is 39.2 Å². The van der Waals surface area contributed by atoms with Crippen LogP contribution >= 0.6 is 0 Å². The van der Waals surface area contributed by atoms with Crippen molar-refractivity contribution in [2.24, 2.45) is 0 Å². The van der Waals surface area contributed by atoms with E-state index in [-0.39, 0.29) is 16.8 Å². The lowest BCUT2D eigenvalue weighted by atomic mass is 9.92. The van der Waals surface area contributed by atoms with Gasteiger partial charge in [0.25, 0.3) is 0 Å². The molecule has 1 heterocycles. The highest BCUT2D eigenvalue weighted by atomic mass is 16.1. The van der Waals surface area contributed by atoms with Crippen LogP contribution in [0.25, 0.3) is 10.9 Å². The molecule has 3 nitrogen and oxygen atoms in total. The van der Waals surface area contributed by atoms with Crippen molar-refractivity contribution < 1.29 is 4.79 Å². The number of aryl methyl sites for hydroxylation is 1. The Balaban J connectivity index is 1.85. The summed E-state index contributed by atoms with van der Waals surface area (Å²) >= 11 is 0.